The third-order valence-corrected chi connectivity index (χ3v) is 3.63. The number of aliphatic hydroxyl groups is 1. The van der Waals surface area contributed by atoms with E-state index in [0.29, 0.717) is 13.0 Å². The topological polar surface area (TPSA) is 75.5 Å². The lowest BCUT2D eigenvalue weighted by atomic mass is 10.1. The number of hydrazine groups is 1. The van der Waals surface area contributed by atoms with Crippen LogP contribution in [0.5, 0.6) is 0 Å². The van der Waals surface area contributed by atoms with E-state index in [1.807, 2.05) is 30.3 Å². The van der Waals surface area contributed by atoms with Gasteiger partial charge < -0.3 is 10.8 Å². The minimum atomic E-state index is -0.731. The Hall–Kier alpha value is -1.79. The monoisotopic (exact) mass is 303 g/mol. The van der Waals surface area contributed by atoms with Gasteiger partial charge in [0.1, 0.15) is 5.82 Å². The van der Waals surface area contributed by atoms with Gasteiger partial charge in [0.05, 0.1) is 12.3 Å². The number of hydrogen-bond donors (Lipinski definition) is 3. The molecule has 118 valence electrons. The van der Waals surface area contributed by atoms with E-state index >= 15 is 0 Å². The van der Waals surface area contributed by atoms with Gasteiger partial charge in [-0.05, 0) is 36.1 Å². The summed E-state index contributed by atoms with van der Waals surface area (Å²) in [6.07, 6.45) is -0.137. The Labute approximate surface area is 130 Å². The van der Waals surface area contributed by atoms with Crippen molar-refractivity contribution in [2.24, 2.45) is 11.6 Å². The minimum Gasteiger partial charge on any atom is -0.390 e. The zero-order valence-electron chi connectivity index (χ0n) is 12.4. The number of nitrogens with zero attached hydrogens (tertiary/aromatic N) is 1. The highest BCUT2D eigenvalue weighted by molar-refractivity contribution is 5.16. The molecule has 0 aliphatic carbocycles. The summed E-state index contributed by atoms with van der Waals surface area (Å²) >= 11 is 0. The Balaban J connectivity index is 1.83. The van der Waals surface area contributed by atoms with Crippen LogP contribution in [0.4, 0.5) is 4.39 Å². The molecule has 22 heavy (non-hydrogen) atoms. The molecule has 0 radical (unpaired) electrons. The van der Waals surface area contributed by atoms with E-state index in [2.05, 4.69) is 0 Å². The van der Waals surface area contributed by atoms with Gasteiger partial charge in [-0.3, -0.25) is 5.84 Å². The number of hydrogen-bond acceptors (Lipinski definition) is 4. The van der Waals surface area contributed by atoms with Gasteiger partial charge in [0.2, 0.25) is 0 Å². The molecule has 0 heterocycles. The van der Waals surface area contributed by atoms with E-state index in [0.717, 1.165) is 17.5 Å². The van der Waals surface area contributed by atoms with Crippen LogP contribution in [0.25, 0.3) is 0 Å². The molecule has 4 nitrogen and oxygen atoms in total. The highest BCUT2D eigenvalue weighted by Crippen LogP contribution is 2.10. The summed E-state index contributed by atoms with van der Waals surface area (Å²) < 4.78 is 12.9. The first-order valence-electron chi connectivity index (χ1n) is 7.29. The molecule has 0 saturated heterocycles. The summed E-state index contributed by atoms with van der Waals surface area (Å²) in [6, 6.07) is 16.0. The van der Waals surface area contributed by atoms with Crippen LogP contribution >= 0.6 is 0 Å². The molecule has 2 atom stereocenters. The first-order chi connectivity index (χ1) is 10.6. The second kappa shape index (κ2) is 8.00. The molecule has 0 aromatic heterocycles. The van der Waals surface area contributed by atoms with Gasteiger partial charge in [-0.1, -0.05) is 42.5 Å². The zero-order valence-corrected chi connectivity index (χ0v) is 12.4. The minimum absolute atomic E-state index is 0.292. The van der Waals surface area contributed by atoms with Crippen LogP contribution < -0.4 is 11.6 Å². The van der Waals surface area contributed by atoms with Gasteiger partial charge in [0.25, 0.3) is 0 Å². The SMILES string of the molecule is NC([C@@H](O)CCc1ccccc1)N(N)Cc1ccc(F)cc1. The van der Waals surface area contributed by atoms with Crippen LogP contribution in [0.15, 0.2) is 54.6 Å². The molecule has 2 aromatic rings. The van der Waals surface area contributed by atoms with Gasteiger partial charge in [-0.25, -0.2) is 9.40 Å². The maximum absolute atomic E-state index is 12.9. The first-order valence-corrected chi connectivity index (χ1v) is 7.29. The normalized spacial score (nSPS) is 14.0. The molecular formula is C17H22FN3O. The Kier molecular flexibility index (Phi) is 6.03. The lowest BCUT2D eigenvalue weighted by Crippen LogP contribution is -2.53. The van der Waals surface area contributed by atoms with Crippen LogP contribution in [-0.4, -0.2) is 22.4 Å². The third-order valence-electron chi connectivity index (χ3n) is 3.63. The molecule has 5 N–H and O–H groups in total. The molecule has 0 amide bonds. The Morgan fingerprint density at radius 1 is 1.00 bits per heavy atom. The summed E-state index contributed by atoms with van der Waals surface area (Å²) in [4.78, 5) is 0. The average Bonchev–Trinajstić information content (AvgIpc) is 2.55. The van der Waals surface area contributed by atoms with Crippen LogP contribution in [0.2, 0.25) is 0 Å². The van der Waals surface area contributed by atoms with E-state index in [9.17, 15) is 9.50 Å². The smallest absolute Gasteiger partial charge is 0.123 e. The predicted molar refractivity (Wildman–Crippen MR) is 84.9 cm³/mol. The Morgan fingerprint density at radius 2 is 1.64 bits per heavy atom. The molecule has 0 aliphatic heterocycles. The summed E-state index contributed by atoms with van der Waals surface area (Å²) in [7, 11) is 0. The van der Waals surface area contributed by atoms with Crippen molar-refractivity contribution in [3.8, 4) is 0 Å². The first kappa shape index (κ1) is 16.6. The molecule has 0 aliphatic rings. The molecule has 2 aromatic carbocycles. The molecule has 0 spiro atoms. The van der Waals surface area contributed by atoms with Crippen molar-refractivity contribution in [1.29, 1.82) is 0 Å². The fourth-order valence-electron chi connectivity index (χ4n) is 2.26. The molecule has 2 rings (SSSR count). The molecular weight excluding hydrogens is 281 g/mol. The second-order valence-electron chi connectivity index (χ2n) is 5.38. The summed E-state index contributed by atoms with van der Waals surface area (Å²) in [5.41, 5.74) is 7.97. The van der Waals surface area contributed by atoms with E-state index in [1.165, 1.54) is 17.1 Å². The van der Waals surface area contributed by atoms with Gasteiger partial charge >= 0.3 is 0 Å². The molecule has 0 saturated carbocycles. The summed E-state index contributed by atoms with van der Waals surface area (Å²) in [5.74, 6) is 5.62. The number of nitrogens with two attached hydrogens (primary N) is 2. The zero-order chi connectivity index (χ0) is 15.9. The summed E-state index contributed by atoms with van der Waals surface area (Å²) in [5, 5.41) is 11.5. The van der Waals surface area contributed by atoms with E-state index < -0.39 is 12.3 Å². The molecule has 0 fully saturated rings. The highest BCUT2D eigenvalue weighted by atomic mass is 19.1. The van der Waals surface area contributed by atoms with Crippen molar-refractivity contribution in [3.63, 3.8) is 0 Å². The van der Waals surface area contributed by atoms with Crippen molar-refractivity contribution >= 4 is 0 Å². The van der Waals surface area contributed by atoms with Crippen molar-refractivity contribution in [2.75, 3.05) is 0 Å². The van der Waals surface area contributed by atoms with Crippen LogP contribution in [0, 0.1) is 5.82 Å². The van der Waals surface area contributed by atoms with Crippen molar-refractivity contribution in [2.45, 2.75) is 31.7 Å². The van der Waals surface area contributed by atoms with E-state index in [4.69, 9.17) is 11.6 Å². The lowest BCUT2D eigenvalue weighted by Gasteiger charge is -2.28. The number of benzene rings is 2. The maximum Gasteiger partial charge on any atom is 0.123 e. The highest BCUT2D eigenvalue weighted by Gasteiger charge is 2.20. The van der Waals surface area contributed by atoms with Crippen LogP contribution in [0.1, 0.15) is 17.5 Å². The largest absolute Gasteiger partial charge is 0.390 e. The van der Waals surface area contributed by atoms with Crippen molar-refractivity contribution in [1.82, 2.24) is 5.01 Å². The second-order valence-corrected chi connectivity index (χ2v) is 5.38. The number of aryl methyl sites for hydroxylation is 1. The van der Waals surface area contributed by atoms with Crippen molar-refractivity contribution < 1.29 is 9.50 Å². The van der Waals surface area contributed by atoms with Gasteiger partial charge in [0, 0.05) is 6.54 Å². The Morgan fingerprint density at radius 3 is 2.27 bits per heavy atom. The molecule has 1 unspecified atom stereocenters. The standard InChI is InChI=1S/C17H22FN3O/c18-15-9-6-14(7-10-15)12-21(20)17(19)16(22)11-8-13-4-2-1-3-5-13/h1-7,9-10,16-17,22H,8,11-12,19-20H2/t16-,17?/m0/s1. The van der Waals surface area contributed by atoms with Gasteiger partial charge in [-0.15, -0.1) is 0 Å². The lowest BCUT2D eigenvalue weighted by molar-refractivity contribution is 0.0418. The number of rotatable bonds is 7. The number of aliphatic hydroxyl groups excluding tert-OH is 1. The van der Waals surface area contributed by atoms with Gasteiger partial charge in [-0.2, -0.15) is 0 Å². The van der Waals surface area contributed by atoms with Crippen molar-refractivity contribution in [3.05, 3.63) is 71.5 Å². The Bertz CT molecular complexity index is 562. The van der Waals surface area contributed by atoms with Crippen LogP contribution in [-0.2, 0) is 13.0 Å². The molecule has 0 bridgehead atoms. The third kappa shape index (κ3) is 4.89. The average molecular weight is 303 g/mol. The molecule has 5 heteroatoms. The fourth-order valence-corrected chi connectivity index (χ4v) is 2.26. The number of halogens is 1. The van der Waals surface area contributed by atoms with E-state index in [-0.39, 0.29) is 5.82 Å². The van der Waals surface area contributed by atoms with Gasteiger partial charge in [0.15, 0.2) is 0 Å². The fraction of sp³-hybridized carbons (Fsp3) is 0.294. The quantitative estimate of drug-likeness (QED) is 0.414. The summed E-state index contributed by atoms with van der Waals surface area (Å²) in [6.45, 7) is 0.351. The predicted octanol–water partition coefficient (Wildman–Crippen LogP) is 1.78. The maximum atomic E-state index is 12.9. The van der Waals surface area contributed by atoms with Crippen LogP contribution in [0.3, 0.4) is 0 Å². The van der Waals surface area contributed by atoms with E-state index in [1.54, 1.807) is 12.1 Å².